The van der Waals surface area contributed by atoms with E-state index in [4.69, 9.17) is 16.6 Å². The lowest BCUT2D eigenvalue weighted by atomic mass is 10.2. The van der Waals surface area contributed by atoms with Crippen LogP contribution in [0.5, 0.6) is 5.75 Å². The van der Waals surface area contributed by atoms with Gasteiger partial charge in [-0.05, 0) is 30.2 Å². The van der Waals surface area contributed by atoms with Crippen LogP contribution in [0.25, 0.3) is 6.08 Å². The van der Waals surface area contributed by atoms with Gasteiger partial charge in [0.05, 0.1) is 12.6 Å². The number of aliphatic imine (C=N–C) groups is 1. The first-order chi connectivity index (χ1) is 9.97. The Labute approximate surface area is 123 Å². The van der Waals surface area contributed by atoms with Crippen molar-refractivity contribution in [1.29, 1.82) is 0 Å². The quantitative estimate of drug-likeness (QED) is 0.263. The summed E-state index contributed by atoms with van der Waals surface area (Å²) >= 11 is 0. The Morgan fingerprint density at radius 2 is 2.00 bits per heavy atom. The molecule has 7 nitrogen and oxygen atoms in total. The smallest absolute Gasteiger partial charge is 0.244 e. The highest BCUT2D eigenvalue weighted by Gasteiger charge is 2.03. The van der Waals surface area contributed by atoms with Crippen LogP contribution in [0.4, 0.5) is 0 Å². The Morgan fingerprint density at radius 1 is 1.33 bits per heavy atom. The molecule has 1 aromatic rings. The van der Waals surface area contributed by atoms with Crippen LogP contribution in [-0.2, 0) is 4.79 Å². The fraction of sp³-hybridized carbons (Fsp3) is 0.286. The van der Waals surface area contributed by atoms with Gasteiger partial charge < -0.3 is 27.0 Å². The molecule has 0 aromatic heterocycles. The maximum Gasteiger partial charge on any atom is 0.244 e. The van der Waals surface area contributed by atoms with Gasteiger partial charge in [0.1, 0.15) is 5.75 Å². The molecule has 1 aromatic carbocycles. The Bertz CT molecular complexity index is 507. The Hall–Kier alpha value is -2.54. The zero-order valence-electron chi connectivity index (χ0n) is 11.6. The molecule has 0 radical (unpaired) electrons. The number of nitrogens with two attached hydrogens (primary N) is 2. The maximum absolute atomic E-state index is 11.5. The third-order valence-electron chi connectivity index (χ3n) is 2.58. The minimum absolute atomic E-state index is 0.0742. The van der Waals surface area contributed by atoms with Gasteiger partial charge in [-0.1, -0.05) is 12.1 Å². The molecule has 0 aliphatic heterocycles. The number of aliphatic hydroxyl groups excluding tert-OH is 1. The number of aromatic hydroxyl groups is 1. The SMILES string of the molecule is NC(N)=NCC(O)CCNC(=O)C=Cc1ccc(O)cc1. The van der Waals surface area contributed by atoms with E-state index in [9.17, 15) is 9.90 Å². The first-order valence-electron chi connectivity index (χ1n) is 6.46. The molecule has 0 spiro atoms. The number of aliphatic hydroxyl groups is 1. The molecule has 7 heteroatoms. The highest BCUT2D eigenvalue weighted by Crippen LogP contribution is 2.10. The summed E-state index contributed by atoms with van der Waals surface area (Å²) in [6.45, 7) is 0.432. The van der Waals surface area contributed by atoms with Gasteiger partial charge >= 0.3 is 0 Å². The zero-order chi connectivity index (χ0) is 15.7. The molecule has 0 aliphatic rings. The highest BCUT2D eigenvalue weighted by molar-refractivity contribution is 5.91. The second-order valence-electron chi connectivity index (χ2n) is 4.42. The van der Waals surface area contributed by atoms with Crippen LogP contribution >= 0.6 is 0 Å². The van der Waals surface area contributed by atoms with Crippen molar-refractivity contribution >= 4 is 17.9 Å². The summed E-state index contributed by atoms with van der Waals surface area (Å²) in [5, 5.41) is 21.3. The van der Waals surface area contributed by atoms with Gasteiger partial charge in [-0.15, -0.1) is 0 Å². The molecular formula is C14H20N4O3. The van der Waals surface area contributed by atoms with Crippen molar-refractivity contribution in [2.75, 3.05) is 13.1 Å². The molecule has 0 fully saturated rings. The average molecular weight is 292 g/mol. The number of guanidine groups is 1. The van der Waals surface area contributed by atoms with E-state index in [2.05, 4.69) is 10.3 Å². The molecule has 0 heterocycles. The number of rotatable bonds is 7. The van der Waals surface area contributed by atoms with Crippen molar-refractivity contribution in [3.63, 3.8) is 0 Å². The van der Waals surface area contributed by atoms with Crippen molar-refractivity contribution in [1.82, 2.24) is 5.32 Å². The van der Waals surface area contributed by atoms with E-state index in [0.717, 1.165) is 5.56 Å². The number of nitrogens with zero attached hydrogens (tertiary/aromatic N) is 1. The summed E-state index contributed by atoms with van der Waals surface area (Å²) in [6.07, 6.45) is 2.67. The summed E-state index contributed by atoms with van der Waals surface area (Å²) in [7, 11) is 0. The predicted molar refractivity (Wildman–Crippen MR) is 81.5 cm³/mol. The zero-order valence-corrected chi connectivity index (χ0v) is 11.6. The second kappa shape index (κ2) is 8.60. The van der Waals surface area contributed by atoms with Gasteiger partial charge in [0, 0.05) is 12.6 Å². The number of carbonyl (C=O) groups is 1. The van der Waals surface area contributed by atoms with Crippen LogP contribution in [0.3, 0.4) is 0 Å². The van der Waals surface area contributed by atoms with E-state index in [1.807, 2.05) is 0 Å². The largest absolute Gasteiger partial charge is 0.508 e. The molecule has 0 saturated carbocycles. The van der Waals surface area contributed by atoms with Crippen molar-refractivity contribution in [2.24, 2.45) is 16.5 Å². The fourth-order valence-electron chi connectivity index (χ4n) is 1.48. The number of carbonyl (C=O) groups excluding carboxylic acids is 1. The Kier molecular flexibility index (Phi) is 6.76. The summed E-state index contributed by atoms with van der Waals surface area (Å²) in [5.74, 6) is -0.168. The Morgan fingerprint density at radius 3 is 2.62 bits per heavy atom. The summed E-state index contributed by atoms with van der Waals surface area (Å²) in [6, 6.07) is 6.46. The van der Waals surface area contributed by atoms with E-state index < -0.39 is 6.10 Å². The van der Waals surface area contributed by atoms with Crippen molar-refractivity contribution in [3.8, 4) is 5.75 Å². The molecule has 0 bridgehead atoms. The standard InChI is InChI=1S/C14H20N4O3/c15-14(16)18-9-12(20)7-8-17-13(21)6-3-10-1-4-11(19)5-2-10/h1-6,12,19-20H,7-9H2,(H,17,21)(H4,15,16,18). The first kappa shape index (κ1) is 16.5. The third kappa shape index (κ3) is 7.58. The van der Waals surface area contributed by atoms with Gasteiger partial charge in [0.25, 0.3) is 0 Å². The molecule has 1 unspecified atom stereocenters. The molecule has 0 aliphatic carbocycles. The van der Waals surface area contributed by atoms with Crippen molar-refractivity contribution in [2.45, 2.75) is 12.5 Å². The molecule has 0 saturated heterocycles. The molecule has 1 atom stereocenters. The van der Waals surface area contributed by atoms with Crippen molar-refractivity contribution < 1.29 is 15.0 Å². The molecule has 114 valence electrons. The number of nitrogens with one attached hydrogen (secondary N) is 1. The van der Waals surface area contributed by atoms with Crippen LogP contribution in [0.2, 0.25) is 0 Å². The van der Waals surface area contributed by atoms with Gasteiger partial charge in [0.2, 0.25) is 5.91 Å². The van der Waals surface area contributed by atoms with E-state index >= 15 is 0 Å². The number of phenols is 1. The summed E-state index contributed by atoms with van der Waals surface area (Å²) < 4.78 is 0. The Balaban J connectivity index is 2.28. The van der Waals surface area contributed by atoms with Crippen LogP contribution in [0.1, 0.15) is 12.0 Å². The molecule has 21 heavy (non-hydrogen) atoms. The normalized spacial score (nSPS) is 12.0. The lowest BCUT2D eigenvalue weighted by Crippen LogP contribution is -2.28. The predicted octanol–water partition coefficient (Wildman–Crippen LogP) is -0.454. The number of amides is 1. The summed E-state index contributed by atoms with van der Waals surface area (Å²) in [4.78, 5) is 15.2. The molecule has 1 amide bonds. The van der Waals surface area contributed by atoms with E-state index in [1.54, 1.807) is 18.2 Å². The topological polar surface area (TPSA) is 134 Å². The van der Waals surface area contributed by atoms with Crippen LogP contribution in [-0.4, -0.2) is 41.3 Å². The maximum atomic E-state index is 11.5. The second-order valence-corrected chi connectivity index (χ2v) is 4.42. The lowest BCUT2D eigenvalue weighted by Gasteiger charge is -2.07. The van der Waals surface area contributed by atoms with E-state index in [-0.39, 0.29) is 24.2 Å². The lowest BCUT2D eigenvalue weighted by molar-refractivity contribution is -0.116. The number of hydrogen-bond donors (Lipinski definition) is 5. The van der Waals surface area contributed by atoms with Crippen LogP contribution < -0.4 is 16.8 Å². The number of phenolic OH excluding ortho intramolecular Hbond substituents is 1. The minimum Gasteiger partial charge on any atom is -0.508 e. The van der Waals surface area contributed by atoms with Crippen LogP contribution in [0.15, 0.2) is 35.3 Å². The van der Waals surface area contributed by atoms with Gasteiger partial charge in [-0.3, -0.25) is 9.79 Å². The highest BCUT2D eigenvalue weighted by atomic mass is 16.3. The number of benzene rings is 1. The van der Waals surface area contributed by atoms with Gasteiger partial charge in [0.15, 0.2) is 5.96 Å². The molecule has 1 rings (SSSR count). The molecular weight excluding hydrogens is 272 g/mol. The molecule has 7 N–H and O–H groups in total. The van der Waals surface area contributed by atoms with Gasteiger partial charge in [-0.2, -0.15) is 0 Å². The summed E-state index contributed by atoms with van der Waals surface area (Å²) in [5.41, 5.74) is 11.1. The monoisotopic (exact) mass is 292 g/mol. The van der Waals surface area contributed by atoms with Gasteiger partial charge in [-0.25, -0.2) is 0 Å². The van der Waals surface area contributed by atoms with E-state index in [1.165, 1.54) is 18.2 Å². The third-order valence-corrected chi connectivity index (χ3v) is 2.58. The van der Waals surface area contributed by atoms with Crippen molar-refractivity contribution in [3.05, 3.63) is 35.9 Å². The fourth-order valence-corrected chi connectivity index (χ4v) is 1.48. The minimum atomic E-state index is -0.700. The average Bonchev–Trinajstić information content (AvgIpc) is 2.44. The van der Waals surface area contributed by atoms with E-state index in [0.29, 0.717) is 13.0 Å². The first-order valence-corrected chi connectivity index (χ1v) is 6.46. The van der Waals surface area contributed by atoms with Crippen LogP contribution in [0, 0.1) is 0 Å². The number of hydrogen-bond acceptors (Lipinski definition) is 4.